The van der Waals surface area contributed by atoms with Gasteiger partial charge in [0.25, 0.3) is 0 Å². The summed E-state index contributed by atoms with van der Waals surface area (Å²) in [6.07, 6.45) is 1.57. The van der Waals surface area contributed by atoms with Gasteiger partial charge in [-0.05, 0) is 18.2 Å². The Kier molecular flexibility index (Phi) is 3.53. The van der Waals surface area contributed by atoms with Crippen LogP contribution >= 0.6 is 23.2 Å². The summed E-state index contributed by atoms with van der Waals surface area (Å²) >= 11 is 12.2. The van der Waals surface area contributed by atoms with Gasteiger partial charge in [-0.3, -0.25) is 9.78 Å². The molecule has 0 unspecified atom stereocenters. The van der Waals surface area contributed by atoms with Gasteiger partial charge in [0.2, 0.25) is 5.95 Å². The van der Waals surface area contributed by atoms with Crippen LogP contribution in [0, 0.1) is 0 Å². The molecular weight excluding hydrogens is 311 g/mol. The second-order valence-electron chi connectivity index (χ2n) is 4.45. The van der Waals surface area contributed by atoms with Crippen molar-refractivity contribution in [2.24, 2.45) is 0 Å². The number of benzene rings is 1. The fourth-order valence-corrected chi connectivity index (χ4v) is 2.39. The molecule has 0 amide bonds. The van der Waals surface area contributed by atoms with Crippen LogP contribution in [-0.4, -0.2) is 20.7 Å². The van der Waals surface area contributed by atoms with Crippen LogP contribution < -0.4 is 5.32 Å². The molecule has 0 aliphatic carbocycles. The third kappa shape index (κ3) is 2.70. The number of rotatable bonds is 3. The van der Waals surface area contributed by atoms with Gasteiger partial charge in [0.15, 0.2) is 5.78 Å². The zero-order valence-electron chi connectivity index (χ0n) is 10.9. The number of halogens is 2. The quantitative estimate of drug-likeness (QED) is 0.709. The second kappa shape index (κ2) is 5.35. The van der Waals surface area contributed by atoms with Crippen LogP contribution in [-0.2, 0) is 0 Å². The van der Waals surface area contributed by atoms with Crippen LogP contribution in [0.5, 0.6) is 0 Å². The molecule has 21 heavy (non-hydrogen) atoms. The highest BCUT2D eigenvalue weighted by Crippen LogP contribution is 2.32. The van der Waals surface area contributed by atoms with Crippen molar-refractivity contribution in [3.05, 3.63) is 46.2 Å². The van der Waals surface area contributed by atoms with Gasteiger partial charge in [-0.15, -0.1) is 0 Å². The lowest BCUT2D eigenvalue weighted by atomic mass is 10.2. The van der Waals surface area contributed by atoms with Gasteiger partial charge in [0, 0.05) is 6.92 Å². The Bertz CT molecular complexity index is 824. The molecule has 2 heterocycles. The van der Waals surface area contributed by atoms with Crippen LogP contribution in [0.4, 0.5) is 11.6 Å². The second-order valence-corrected chi connectivity index (χ2v) is 5.26. The number of imidazole rings is 1. The van der Waals surface area contributed by atoms with Crippen molar-refractivity contribution in [1.29, 1.82) is 0 Å². The highest BCUT2D eigenvalue weighted by molar-refractivity contribution is 6.39. The highest BCUT2D eigenvalue weighted by atomic mass is 35.5. The third-order valence-electron chi connectivity index (χ3n) is 2.93. The van der Waals surface area contributed by atoms with Crippen molar-refractivity contribution >= 4 is 51.7 Å². The fraction of sp³-hybridized carbons (Fsp3) is 0.0714. The summed E-state index contributed by atoms with van der Waals surface area (Å²) < 4.78 is 0. The van der Waals surface area contributed by atoms with Crippen LogP contribution in [0.25, 0.3) is 11.0 Å². The number of aromatic amines is 1. The first kappa shape index (κ1) is 13.9. The summed E-state index contributed by atoms with van der Waals surface area (Å²) in [5.74, 6) is 0.367. The maximum atomic E-state index is 11.3. The molecule has 3 rings (SSSR count). The maximum absolute atomic E-state index is 11.3. The minimum Gasteiger partial charge on any atom is -0.323 e. The SMILES string of the molecule is CC(=O)c1cc2nc(Nc3c(Cl)cccc3Cl)[nH]c2cn1. The highest BCUT2D eigenvalue weighted by Gasteiger charge is 2.10. The van der Waals surface area contributed by atoms with E-state index in [1.54, 1.807) is 30.5 Å². The van der Waals surface area contributed by atoms with Crippen LogP contribution in [0.2, 0.25) is 10.0 Å². The Balaban J connectivity index is 2.00. The predicted octanol–water partition coefficient (Wildman–Crippen LogP) is 4.21. The Morgan fingerprint density at radius 2 is 2.00 bits per heavy atom. The standard InChI is InChI=1S/C14H10Cl2N4O/c1-7(21)10-5-11-12(6-17-10)19-14(18-11)20-13-8(15)3-2-4-9(13)16/h2-6H,1H3,(H2,18,19,20). The zero-order valence-corrected chi connectivity index (χ0v) is 12.5. The number of ketones is 1. The summed E-state index contributed by atoms with van der Waals surface area (Å²) in [5, 5.41) is 4.02. The Morgan fingerprint density at radius 1 is 1.29 bits per heavy atom. The first-order chi connectivity index (χ1) is 10.0. The van der Waals surface area contributed by atoms with Crippen molar-refractivity contribution in [1.82, 2.24) is 15.0 Å². The molecule has 0 spiro atoms. The molecule has 106 valence electrons. The molecule has 1 aromatic carbocycles. The van der Waals surface area contributed by atoms with E-state index in [1.165, 1.54) is 6.92 Å². The van der Waals surface area contributed by atoms with Gasteiger partial charge in [-0.25, -0.2) is 4.98 Å². The number of nitrogens with zero attached hydrogens (tertiary/aromatic N) is 2. The molecule has 0 saturated heterocycles. The molecule has 0 aliphatic rings. The first-order valence-corrected chi connectivity index (χ1v) is 6.88. The Hall–Kier alpha value is -2.11. The summed E-state index contributed by atoms with van der Waals surface area (Å²) in [5.41, 5.74) is 2.29. The van der Waals surface area contributed by atoms with E-state index in [0.29, 0.717) is 38.4 Å². The minimum atomic E-state index is -0.108. The molecule has 2 N–H and O–H groups in total. The lowest BCUT2D eigenvalue weighted by molar-refractivity contribution is 0.101. The van der Waals surface area contributed by atoms with Crippen molar-refractivity contribution < 1.29 is 4.79 Å². The molecule has 5 nitrogen and oxygen atoms in total. The van der Waals surface area contributed by atoms with Crippen molar-refractivity contribution in [3.63, 3.8) is 0 Å². The average Bonchev–Trinajstić information content (AvgIpc) is 2.84. The lowest BCUT2D eigenvalue weighted by Gasteiger charge is -2.06. The zero-order chi connectivity index (χ0) is 15.0. The summed E-state index contributed by atoms with van der Waals surface area (Å²) in [6, 6.07) is 6.85. The van der Waals surface area contributed by atoms with E-state index in [2.05, 4.69) is 20.3 Å². The number of carbonyl (C=O) groups excluding carboxylic acids is 1. The number of para-hydroxylation sites is 1. The monoisotopic (exact) mass is 320 g/mol. The average molecular weight is 321 g/mol. The number of H-pyrrole nitrogens is 1. The number of hydrogen-bond acceptors (Lipinski definition) is 4. The molecule has 2 aromatic heterocycles. The number of carbonyl (C=O) groups is 1. The molecule has 0 fully saturated rings. The number of anilines is 2. The third-order valence-corrected chi connectivity index (χ3v) is 3.56. The number of nitrogens with one attached hydrogen (secondary N) is 2. The summed E-state index contributed by atoms with van der Waals surface area (Å²) in [7, 11) is 0. The molecule has 0 aliphatic heterocycles. The van der Waals surface area contributed by atoms with Gasteiger partial charge < -0.3 is 10.3 Å². The number of hydrogen-bond donors (Lipinski definition) is 2. The maximum Gasteiger partial charge on any atom is 0.205 e. The summed E-state index contributed by atoms with van der Waals surface area (Å²) in [6.45, 7) is 1.46. The molecule has 0 bridgehead atoms. The molecule has 0 radical (unpaired) electrons. The molecule has 7 heteroatoms. The molecule has 0 saturated carbocycles. The Labute approximate surface area is 130 Å². The van der Waals surface area contributed by atoms with Crippen LogP contribution in [0.1, 0.15) is 17.4 Å². The normalized spacial score (nSPS) is 10.8. The molecule has 3 aromatic rings. The number of fused-ring (bicyclic) bond motifs is 1. The van der Waals surface area contributed by atoms with Crippen LogP contribution in [0.3, 0.4) is 0 Å². The van der Waals surface area contributed by atoms with Gasteiger partial charge >= 0.3 is 0 Å². The van der Waals surface area contributed by atoms with Crippen molar-refractivity contribution in [2.75, 3.05) is 5.32 Å². The minimum absolute atomic E-state index is 0.108. The fourth-order valence-electron chi connectivity index (χ4n) is 1.90. The number of aromatic nitrogens is 3. The summed E-state index contributed by atoms with van der Waals surface area (Å²) in [4.78, 5) is 22.8. The molecule has 0 atom stereocenters. The van der Waals surface area contributed by atoms with E-state index in [1.807, 2.05) is 0 Å². The van der Waals surface area contributed by atoms with Crippen molar-refractivity contribution in [3.8, 4) is 0 Å². The van der Waals surface area contributed by atoms with Gasteiger partial charge in [-0.1, -0.05) is 29.3 Å². The van der Waals surface area contributed by atoms with Crippen LogP contribution in [0.15, 0.2) is 30.5 Å². The number of pyridine rings is 1. The van der Waals surface area contributed by atoms with E-state index in [0.717, 1.165) is 0 Å². The van der Waals surface area contributed by atoms with Gasteiger partial charge in [0.05, 0.1) is 33.0 Å². The number of Topliss-reactive ketones (excluding diaryl/α,β-unsaturated/α-hetero) is 1. The van der Waals surface area contributed by atoms with E-state index in [-0.39, 0.29) is 5.78 Å². The van der Waals surface area contributed by atoms with E-state index in [4.69, 9.17) is 23.2 Å². The topological polar surface area (TPSA) is 70.7 Å². The van der Waals surface area contributed by atoms with E-state index < -0.39 is 0 Å². The van der Waals surface area contributed by atoms with E-state index in [9.17, 15) is 4.79 Å². The predicted molar refractivity (Wildman–Crippen MR) is 83.6 cm³/mol. The smallest absolute Gasteiger partial charge is 0.205 e. The molecular formula is C14H10Cl2N4O. The van der Waals surface area contributed by atoms with E-state index >= 15 is 0 Å². The lowest BCUT2D eigenvalue weighted by Crippen LogP contribution is -1.95. The Morgan fingerprint density at radius 3 is 2.67 bits per heavy atom. The van der Waals surface area contributed by atoms with Gasteiger partial charge in [-0.2, -0.15) is 0 Å². The van der Waals surface area contributed by atoms with Crippen molar-refractivity contribution in [2.45, 2.75) is 6.92 Å². The largest absolute Gasteiger partial charge is 0.323 e. The first-order valence-electron chi connectivity index (χ1n) is 6.12. The van der Waals surface area contributed by atoms with Gasteiger partial charge in [0.1, 0.15) is 5.69 Å².